The van der Waals surface area contributed by atoms with E-state index in [1.54, 1.807) is 6.92 Å². The van der Waals surface area contributed by atoms with Gasteiger partial charge in [0.15, 0.2) is 0 Å². The molecule has 0 aliphatic heterocycles. The molecule has 0 saturated heterocycles. The molecule has 1 amide bonds. The van der Waals surface area contributed by atoms with Crippen LogP contribution in [0.15, 0.2) is 0 Å². The second kappa shape index (κ2) is 7.96. The summed E-state index contributed by atoms with van der Waals surface area (Å²) in [5.41, 5.74) is 3.11. The highest BCUT2D eigenvalue weighted by atomic mass is 16.4. The predicted molar refractivity (Wildman–Crippen MR) is 84.7 cm³/mol. The number of carboxylic acid groups (broad SMARTS) is 1. The number of nitrogens with zero attached hydrogens (tertiary/aromatic N) is 2. The summed E-state index contributed by atoms with van der Waals surface area (Å²) in [5, 5.41) is 16.0. The average molecular weight is 309 g/mol. The molecule has 1 rings (SSSR count). The zero-order valence-corrected chi connectivity index (χ0v) is 14.1. The smallest absolute Gasteiger partial charge is 0.326 e. The number of carbonyl (C=O) groups excluding carboxylic acids is 1. The van der Waals surface area contributed by atoms with Crippen LogP contribution in [0.4, 0.5) is 0 Å². The van der Waals surface area contributed by atoms with E-state index in [-0.39, 0.29) is 12.3 Å². The number of aliphatic carboxylic acids is 1. The maximum Gasteiger partial charge on any atom is 0.326 e. The summed E-state index contributed by atoms with van der Waals surface area (Å²) in [6.45, 7) is 10.8. The predicted octanol–water partition coefficient (Wildman–Crippen LogP) is 2.07. The standard InChI is InChI=1S/C16H27N3O3/c1-6-14(16(21)22)17-15(20)8-7-13-11(4)18-19(12(13)5)9-10(2)3/h10,14H,6-9H2,1-5H3,(H,17,20)(H,21,22). The Bertz CT molecular complexity index is 535. The molecule has 1 aromatic rings. The Hall–Kier alpha value is -1.85. The van der Waals surface area contributed by atoms with Gasteiger partial charge in [-0.2, -0.15) is 5.10 Å². The van der Waals surface area contributed by atoms with Gasteiger partial charge in [-0.1, -0.05) is 20.8 Å². The first kappa shape index (κ1) is 18.2. The van der Waals surface area contributed by atoms with Crippen LogP contribution in [-0.2, 0) is 22.6 Å². The average Bonchev–Trinajstić information content (AvgIpc) is 2.67. The summed E-state index contributed by atoms with van der Waals surface area (Å²) < 4.78 is 1.99. The lowest BCUT2D eigenvalue weighted by Gasteiger charge is -2.12. The first-order chi connectivity index (χ1) is 10.3. The van der Waals surface area contributed by atoms with E-state index in [1.807, 2.05) is 18.5 Å². The number of hydrogen-bond acceptors (Lipinski definition) is 3. The van der Waals surface area contributed by atoms with E-state index in [4.69, 9.17) is 5.11 Å². The Kier molecular flexibility index (Phi) is 6.59. The van der Waals surface area contributed by atoms with Crippen LogP contribution in [0.1, 0.15) is 50.6 Å². The van der Waals surface area contributed by atoms with Crippen molar-refractivity contribution in [3.8, 4) is 0 Å². The van der Waals surface area contributed by atoms with Crippen LogP contribution in [-0.4, -0.2) is 32.8 Å². The Morgan fingerprint density at radius 2 is 1.95 bits per heavy atom. The van der Waals surface area contributed by atoms with Gasteiger partial charge in [-0.3, -0.25) is 9.48 Å². The molecule has 2 N–H and O–H groups in total. The molecule has 0 aromatic carbocycles. The molecule has 0 bridgehead atoms. The zero-order chi connectivity index (χ0) is 16.9. The lowest BCUT2D eigenvalue weighted by Crippen LogP contribution is -2.40. The molecule has 0 aliphatic rings. The van der Waals surface area contributed by atoms with Crippen LogP contribution in [0.25, 0.3) is 0 Å². The SMILES string of the molecule is CCC(NC(=O)CCc1c(C)nn(CC(C)C)c1C)C(=O)O. The molecule has 22 heavy (non-hydrogen) atoms. The molecule has 0 fully saturated rings. The molecular weight excluding hydrogens is 282 g/mol. The van der Waals surface area contributed by atoms with Crippen molar-refractivity contribution in [2.24, 2.45) is 5.92 Å². The first-order valence-corrected chi connectivity index (χ1v) is 7.81. The van der Waals surface area contributed by atoms with Crippen LogP contribution in [0.2, 0.25) is 0 Å². The molecule has 6 nitrogen and oxygen atoms in total. The van der Waals surface area contributed by atoms with E-state index in [0.29, 0.717) is 18.8 Å². The quantitative estimate of drug-likeness (QED) is 0.770. The first-order valence-electron chi connectivity index (χ1n) is 7.81. The van der Waals surface area contributed by atoms with E-state index in [2.05, 4.69) is 24.3 Å². The van der Waals surface area contributed by atoms with E-state index in [9.17, 15) is 9.59 Å². The molecule has 0 radical (unpaired) electrons. The van der Waals surface area contributed by atoms with Crippen molar-refractivity contribution in [3.63, 3.8) is 0 Å². The minimum absolute atomic E-state index is 0.232. The van der Waals surface area contributed by atoms with E-state index >= 15 is 0 Å². The zero-order valence-electron chi connectivity index (χ0n) is 14.1. The van der Waals surface area contributed by atoms with Gasteiger partial charge < -0.3 is 10.4 Å². The van der Waals surface area contributed by atoms with Gasteiger partial charge in [-0.15, -0.1) is 0 Å². The number of carboxylic acids is 1. The maximum absolute atomic E-state index is 11.9. The molecular formula is C16H27N3O3. The van der Waals surface area contributed by atoms with Crippen LogP contribution in [0.3, 0.4) is 0 Å². The highest BCUT2D eigenvalue weighted by Gasteiger charge is 2.18. The Balaban J connectivity index is 2.66. The number of aryl methyl sites for hydroxylation is 1. The Labute approximate surface area is 131 Å². The number of nitrogens with one attached hydrogen (secondary N) is 1. The fourth-order valence-electron chi connectivity index (χ4n) is 2.46. The summed E-state index contributed by atoms with van der Waals surface area (Å²) in [6.07, 6.45) is 1.24. The van der Waals surface area contributed by atoms with Crippen LogP contribution in [0.5, 0.6) is 0 Å². The summed E-state index contributed by atoms with van der Waals surface area (Å²) in [4.78, 5) is 22.8. The highest BCUT2D eigenvalue weighted by Crippen LogP contribution is 2.16. The monoisotopic (exact) mass is 309 g/mol. The van der Waals surface area contributed by atoms with Gasteiger partial charge in [0.2, 0.25) is 5.91 Å². The fraction of sp³-hybridized carbons (Fsp3) is 0.688. The molecule has 0 aliphatic carbocycles. The topological polar surface area (TPSA) is 84.2 Å². The van der Waals surface area contributed by atoms with E-state index < -0.39 is 12.0 Å². The Morgan fingerprint density at radius 3 is 2.45 bits per heavy atom. The summed E-state index contributed by atoms with van der Waals surface area (Å²) in [5.74, 6) is -0.715. The number of aromatic nitrogens is 2. The third kappa shape index (κ3) is 4.86. The minimum Gasteiger partial charge on any atom is -0.480 e. The lowest BCUT2D eigenvalue weighted by molar-refractivity contribution is -0.141. The van der Waals surface area contributed by atoms with E-state index in [0.717, 1.165) is 23.5 Å². The van der Waals surface area contributed by atoms with Gasteiger partial charge in [0, 0.05) is 18.7 Å². The largest absolute Gasteiger partial charge is 0.480 e. The number of hydrogen-bond donors (Lipinski definition) is 2. The van der Waals surface area contributed by atoms with E-state index in [1.165, 1.54) is 0 Å². The van der Waals surface area contributed by atoms with Crippen molar-refractivity contribution >= 4 is 11.9 Å². The van der Waals surface area contributed by atoms with Gasteiger partial charge in [0.1, 0.15) is 6.04 Å². The number of carbonyl (C=O) groups is 2. The lowest BCUT2D eigenvalue weighted by atomic mass is 10.1. The number of rotatable bonds is 8. The van der Waals surface area contributed by atoms with Gasteiger partial charge in [0.25, 0.3) is 0 Å². The second-order valence-electron chi connectivity index (χ2n) is 6.09. The third-order valence-electron chi connectivity index (χ3n) is 3.71. The van der Waals surface area contributed by atoms with Crippen molar-refractivity contribution in [3.05, 3.63) is 17.0 Å². The summed E-state index contributed by atoms with van der Waals surface area (Å²) >= 11 is 0. The van der Waals surface area contributed by atoms with Crippen LogP contribution < -0.4 is 5.32 Å². The summed E-state index contributed by atoms with van der Waals surface area (Å²) in [7, 11) is 0. The third-order valence-corrected chi connectivity index (χ3v) is 3.71. The Morgan fingerprint density at radius 1 is 1.32 bits per heavy atom. The van der Waals surface area contributed by atoms with Crippen molar-refractivity contribution in [1.82, 2.24) is 15.1 Å². The molecule has 1 atom stereocenters. The van der Waals surface area contributed by atoms with Crippen LogP contribution in [0, 0.1) is 19.8 Å². The molecule has 124 valence electrons. The normalized spacial score (nSPS) is 12.5. The van der Waals surface area contributed by atoms with Crippen molar-refractivity contribution in [2.45, 2.75) is 66.5 Å². The van der Waals surface area contributed by atoms with Crippen molar-refractivity contribution in [2.75, 3.05) is 0 Å². The summed E-state index contributed by atoms with van der Waals surface area (Å²) in [6, 6.07) is -0.807. The second-order valence-corrected chi connectivity index (χ2v) is 6.09. The molecule has 0 spiro atoms. The van der Waals surface area contributed by atoms with Crippen LogP contribution >= 0.6 is 0 Å². The minimum atomic E-state index is -0.993. The molecule has 0 saturated carbocycles. The van der Waals surface area contributed by atoms with Gasteiger partial charge in [-0.25, -0.2) is 4.79 Å². The molecule has 1 aromatic heterocycles. The number of amides is 1. The van der Waals surface area contributed by atoms with Gasteiger partial charge in [0.05, 0.1) is 5.69 Å². The fourth-order valence-corrected chi connectivity index (χ4v) is 2.46. The van der Waals surface area contributed by atoms with Gasteiger partial charge in [-0.05, 0) is 38.2 Å². The molecule has 1 unspecified atom stereocenters. The molecule has 1 heterocycles. The van der Waals surface area contributed by atoms with Crippen molar-refractivity contribution < 1.29 is 14.7 Å². The molecule has 6 heteroatoms. The van der Waals surface area contributed by atoms with Gasteiger partial charge >= 0.3 is 5.97 Å². The maximum atomic E-state index is 11.9. The highest BCUT2D eigenvalue weighted by molar-refractivity contribution is 5.83. The van der Waals surface area contributed by atoms with Crippen molar-refractivity contribution in [1.29, 1.82) is 0 Å².